The number of hydrogen-bond acceptors (Lipinski definition) is 4. The van der Waals surface area contributed by atoms with E-state index >= 15 is 0 Å². The van der Waals surface area contributed by atoms with E-state index in [1.54, 1.807) is 26.0 Å². The number of sulfone groups is 1. The molecule has 0 aliphatic carbocycles. The minimum atomic E-state index is -3.56. The maximum atomic E-state index is 12.2. The summed E-state index contributed by atoms with van der Waals surface area (Å²) < 4.78 is 24.4. The Balaban J connectivity index is 2.73. The fraction of sp³-hybridized carbons (Fsp3) is 0.364. The van der Waals surface area contributed by atoms with Crippen molar-refractivity contribution < 1.29 is 13.2 Å². The van der Waals surface area contributed by atoms with Crippen LogP contribution in [-0.2, 0) is 14.6 Å². The molecule has 92 valence electrons. The van der Waals surface area contributed by atoms with Gasteiger partial charge in [0.15, 0.2) is 9.84 Å². The van der Waals surface area contributed by atoms with Gasteiger partial charge in [-0.1, -0.05) is 19.9 Å². The van der Waals surface area contributed by atoms with Crippen LogP contribution in [0, 0.1) is 5.41 Å². The maximum Gasteiger partial charge on any atom is 0.231 e. The van der Waals surface area contributed by atoms with Gasteiger partial charge in [-0.05, 0) is 12.1 Å². The van der Waals surface area contributed by atoms with Gasteiger partial charge in [0.25, 0.3) is 0 Å². The summed E-state index contributed by atoms with van der Waals surface area (Å²) >= 11 is 0. The van der Waals surface area contributed by atoms with Crippen molar-refractivity contribution in [1.29, 1.82) is 0 Å². The Kier molecular flexibility index (Phi) is 2.43. The first-order chi connectivity index (χ1) is 7.74. The fourth-order valence-corrected chi connectivity index (χ4v) is 4.01. The molecule has 17 heavy (non-hydrogen) atoms. The monoisotopic (exact) mass is 254 g/mol. The SMILES string of the molecule is CC1(C)CS(=O)(=O)c2c(N)cccc2NC1=O. The predicted octanol–water partition coefficient (Wildman–Crippen LogP) is 1.02. The number of benzene rings is 1. The number of rotatable bonds is 0. The van der Waals surface area contributed by atoms with Crippen LogP contribution in [0.5, 0.6) is 0 Å². The molecule has 1 aliphatic heterocycles. The molecule has 2 rings (SSSR count). The molecule has 1 heterocycles. The average molecular weight is 254 g/mol. The summed E-state index contributed by atoms with van der Waals surface area (Å²) in [6.07, 6.45) is 0. The van der Waals surface area contributed by atoms with Crippen molar-refractivity contribution in [2.45, 2.75) is 18.7 Å². The lowest BCUT2D eigenvalue weighted by atomic mass is 9.95. The Hall–Kier alpha value is -1.56. The van der Waals surface area contributed by atoms with Crippen LogP contribution >= 0.6 is 0 Å². The highest BCUT2D eigenvalue weighted by Gasteiger charge is 2.39. The van der Waals surface area contributed by atoms with Gasteiger partial charge in [-0.3, -0.25) is 4.79 Å². The Morgan fingerprint density at radius 3 is 2.65 bits per heavy atom. The molecule has 1 aromatic rings. The zero-order valence-corrected chi connectivity index (χ0v) is 10.5. The average Bonchev–Trinajstić information content (AvgIpc) is 2.20. The van der Waals surface area contributed by atoms with E-state index in [4.69, 9.17) is 5.73 Å². The van der Waals surface area contributed by atoms with Gasteiger partial charge in [-0.2, -0.15) is 0 Å². The van der Waals surface area contributed by atoms with Crippen LogP contribution in [0.3, 0.4) is 0 Å². The molecule has 1 amide bonds. The summed E-state index contributed by atoms with van der Waals surface area (Å²) in [5.74, 6) is -0.557. The first-order valence-corrected chi connectivity index (χ1v) is 6.82. The normalized spacial score (nSPS) is 21.2. The third-order valence-corrected chi connectivity index (χ3v) is 4.95. The molecule has 0 unspecified atom stereocenters. The topological polar surface area (TPSA) is 89.3 Å². The number of carbonyl (C=O) groups is 1. The quantitative estimate of drug-likeness (QED) is 0.676. The molecule has 0 saturated carbocycles. The number of fused-ring (bicyclic) bond motifs is 1. The van der Waals surface area contributed by atoms with Crippen LogP contribution in [0.15, 0.2) is 23.1 Å². The van der Waals surface area contributed by atoms with Crippen molar-refractivity contribution in [3.63, 3.8) is 0 Å². The van der Waals surface area contributed by atoms with Crippen LogP contribution in [0.25, 0.3) is 0 Å². The van der Waals surface area contributed by atoms with Gasteiger partial charge < -0.3 is 11.1 Å². The molecule has 0 atom stereocenters. The highest BCUT2D eigenvalue weighted by molar-refractivity contribution is 7.91. The van der Waals surface area contributed by atoms with E-state index in [0.717, 1.165) is 0 Å². The van der Waals surface area contributed by atoms with Crippen molar-refractivity contribution in [3.05, 3.63) is 18.2 Å². The first kappa shape index (κ1) is 11.9. The molecule has 0 fully saturated rings. The molecule has 0 radical (unpaired) electrons. The van der Waals surface area contributed by atoms with E-state index in [-0.39, 0.29) is 27.9 Å². The smallest absolute Gasteiger partial charge is 0.231 e. The van der Waals surface area contributed by atoms with Crippen LogP contribution in [0.1, 0.15) is 13.8 Å². The zero-order valence-electron chi connectivity index (χ0n) is 9.65. The molecule has 0 bridgehead atoms. The summed E-state index contributed by atoms with van der Waals surface area (Å²) in [5, 5.41) is 2.61. The number of carbonyl (C=O) groups excluding carboxylic acids is 1. The van der Waals surface area contributed by atoms with Gasteiger partial charge in [0.1, 0.15) is 4.90 Å². The van der Waals surface area contributed by atoms with Gasteiger partial charge in [-0.15, -0.1) is 0 Å². The Bertz CT molecular complexity index is 591. The van der Waals surface area contributed by atoms with Crippen molar-refractivity contribution in [3.8, 4) is 0 Å². The van der Waals surface area contributed by atoms with Crippen LogP contribution < -0.4 is 11.1 Å². The lowest BCUT2D eigenvalue weighted by Gasteiger charge is -2.18. The van der Waals surface area contributed by atoms with Crippen molar-refractivity contribution >= 4 is 27.1 Å². The second-order valence-electron chi connectivity index (χ2n) is 4.82. The molecule has 1 aromatic carbocycles. The summed E-state index contributed by atoms with van der Waals surface area (Å²) in [7, 11) is -3.56. The summed E-state index contributed by atoms with van der Waals surface area (Å²) in [4.78, 5) is 11.9. The van der Waals surface area contributed by atoms with E-state index in [9.17, 15) is 13.2 Å². The summed E-state index contributed by atoms with van der Waals surface area (Å²) in [6, 6.07) is 4.67. The Labute approximate surface area is 99.9 Å². The molecule has 5 nitrogen and oxygen atoms in total. The zero-order chi connectivity index (χ0) is 12.8. The second kappa shape index (κ2) is 3.46. The molecule has 6 heteroatoms. The second-order valence-corrected chi connectivity index (χ2v) is 6.75. The van der Waals surface area contributed by atoms with E-state index in [1.807, 2.05) is 0 Å². The highest BCUT2D eigenvalue weighted by atomic mass is 32.2. The third kappa shape index (κ3) is 1.88. The van der Waals surface area contributed by atoms with Crippen LogP contribution in [0.4, 0.5) is 11.4 Å². The van der Waals surface area contributed by atoms with Gasteiger partial charge in [0.2, 0.25) is 5.91 Å². The molecular weight excluding hydrogens is 240 g/mol. The standard InChI is InChI=1S/C11H14N2O3S/c1-11(2)6-17(15,16)9-7(12)4-3-5-8(9)13-10(11)14/h3-5H,6,12H2,1-2H3,(H,13,14). The maximum absolute atomic E-state index is 12.2. The van der Waals surface area contributed by atoms with Crippen LogP contribution in [-0.4, -0.2) is 20.1 Å². The number of nitrogens with two attached hydrogens (primary N) is 1. The van der Waals surface area contributed by atoms with Crippen molar-refractivity contribution in [1.82, 2.24) is 0 Å². The lowest BCUT2D eigenvalue weighted by molar-refractivity contribution is -0.122. The number of nitrogen functional groups attached to an aromatic ring is 1. The molecule has 1 aliphatic rings. The molecular formula is C11H14N2O3S. The lowest BCUT2D eigenvalue weighted by Crippen LogP contribution is -2.34. The van der Waals surface area contributed by atoms with Gasteiger partial charge in [-0.25, -0.2) is 8.42 Å². The van der Waals surface area contributed by atoms with Crippen LogP contribution in [0.2, 0.25) is 0 Å². The van der Waals surface area contributed by atoms with Gasteiger partial charge in [0.05, 0.1) is 22.5 Å². The Morgan fingerprint density at radius 1 is 1.35 bits per heavy atom. The predicted molar refractivity (Wildman–Crippen MR) is 65.3 cm³/mol. The van der Waals surface area contributed by atoms with E-state index < -0.39 is 15.3 Å². The highest BCUT2D eigenvalue weighted by Crippen LogP contribution is 2.36. The fourth-order valence-electron chi connectivity index (χ4n) is 1.90. The minimum absolute atomic E-state index is 0.0268. The van der Waals surface area contributed by atoms with Crippen molar-refractivity contribution in [2.24, 2.45) is 5.41 Å². The summed E-state index contributed by atoms with van der Waals surface area (Å²) in [6.45, 7) is 3.20. The van der Waals surface area contributed by atoms with Gasteiger partial charge in [0, 0.05) is 0 Å². The largest absolute Gasteiger partial charge is 0.398 e. The summed E-state index contributed by atoms with van der Waals surface area (Å²) in [5.41, 5.74) is 5.15. The number of anilines is 2. The van der Waals surface area contributed by atoms with E-state index in [2.05, 4.69) is 5.32 Å². The van der Waals surface area contributed by atoms with Crippen molar-refractivity contribution in [2.75, 3.05) is 16.8 Å². The minimum Gasteiger partial charge on any atom is -0.398 e. The molecule has 0 spiro atoms. The Morgan fingerprint density at radius 2 is 2.00 bits per heavy atom. The molecule has 0 aromatic heterocycles. The molecule has 0 saturated heterocycles. The van der Waals surface area contributed by atoms with E-state index in [0.29, 0.717) is 0 Å². The molecule has 3 N–H and O–H groups in total. The number of nitrogens with one attached hydrogen (secondary N) is 1. The number of hydrogen-bond donors (Lipinski definition) is 2. The third-order valence-electron chi connectivity index (χ3n) is 2.77. The number of amides is 1. The van der Waals surface area contributed by atoms with E-state index in [1.165, 1.54) is 6.07 Å². The first-order valence-electron chi connectivity index (χ1n) is 5.17. The van der Waals surface area contributed by atoms with Gasteiger partial charge >= 0.3 is 0 Å².